The fourth-order valence-corrected chi connectivity index (χ4v) is 5.38. The molecule has 0 aliphatic carbocycles. The van der Waals surface area contributed by atoms with Gasteiger partial charge in [-0.25, -0.2) is 14.0 Å². The number of likely N-dealkylation sites (N-methyl/N-ethyl adjacent to an activating group) is 1. The molecule has 0 saturated heterocycles. The second-order valence-electron chi connectivity index (χ2n) is 12.3. The molecule has 3 aromatic rings. The van der Waals surface area contributed by atoms with Crippen molar-refractivity contribution < 1.29 is 33.4 Å². The Morgan fingerprint density at radius 3 is 2.35 bits per heavy atom. The minimum absolute atomic E-state index is 0.208. The lowest BCUT2D eigenvalue weighted by molar-refractivity contribution is -0.0115. The fourth-order valence-electron chi connectivity index (χ4n) is 5.38. The third kappa shape index (κ3) is 10.4. The molecule has 48 heavy (non-hydrogen) atoms. The van der Waals surface area contributed by atoms with E-state index < -0.39 is 24.0 Å². The Kier molecular flexibility index (Phi) is 13.2. The van der Waals surface area contributed by atoms with Gasteiger partial charge in [0, 0.05) is 49.7 Å². The number of nitrogens with zero attached hydrogens (tertiary/aromatic N) is 2. The number of aliphatic hydroxyl groups is 1. The number of halogens is 1. The van der Waals surface area contributed by atoms with E-state index in [0.29, 0.717) is 35.8 Å². The van der Waals surface area contributed by atoms with Crippen molar-refractivity contribution in [1.82, 2.24) is 9.80 Å². The number of rotatable bonds is 7. The number of nitrogens with one attached hydrogen (secondary N) is 3. The van der Waals surface area contributed by atoms with Crippen LogP contribution in [0.4, 0.5) is 31.0 Å². The molecule has 0 saturated carbocycles. The molecular weight excluding hydrogens is 617 g/mol. The van der Waals surface area contributed by atoms with E-state index in [0.717, 1.165) is 12.8 Å². The minimum atomic E-state index is -0.559. The molecule has 4 rings (SSSR count). The van der Waals surface area contributed by atoms with Crippen molar-refractivity contribution in [3.63, 3.8) is 0 Å². The van der Waals surface area contributed by atoms with Gasteiger partial charge < -0.3 is 40.3 Å². The van der Waals surface area contributed by atoms with Crippen molar-refractivity contribution in [1.29, 1.82) is 0 Å². The zero-order valence-electron chi connectivity index (χ0n) is 27.9. The number of para-hydroxylation sites is 1. The molecule has 1 aliphatic heterocycles. The number of fused-ring (bicyclic) bond motifs is 1. The fraction of sp³-hybridized carbons (Fsp3) is 0.417. The molecule has 1 heterocycles. The van der Waals surface area contributed by atoms with Gasteiger partial charge >= 0.3 is 12.1 Å². The van der Waals surface area contributed by atoms with Crippen molar-refractivity contribution in [2.75, 3.05) is 49.3 Å². The first-order valence-electron chi connectivity index (χ1n) is 16.3. The van der Waals surface area contributed by atoms with Crippen LogP contribution in [0.2, 0.25) is 0 Å². The number of aliphatic hydroxyl groups excluding tert-OH is 1. The Morgan fingerprint density at radius 1 is 0.979 bits per heavy atom. The summed E-state index contributed by atoms with van der Waals surface area (Å²) in [5.41, 5.74) is 1.72. The summed E-state index contributed by atoms with van der Waals surface area (Å²) in [6, 6.07) is 18.1. The van der Waals surface area contributed by atoms with E-state index >= 15 is 0 Å². The number of hydrogen-bond acceptors (Lipinski definition) is 6. The first-order chi connectivity index (χ1) is 23.0. The molecular formula is C36H46FN5O6. The highest BCUT2D eigenvalue weighted by Crippen LogP contribution is 2.29. The van der Waals surface area contributed by atoms with E-state index in [4.69, 9.17) is 9.47 Å². The van der Waals surface area contributed by atoms with E-state index in [1.165, 1.54) is 29.2 Å². The Hall–Kier alpha value is -4.68. The molecule has 5 amide bonds. The van der Waals surface area contributed by atoms with Gasteiger partial charge in [0.25, 0.3) is 5.91 Å². The summed E-state index contributed by atoms with van der Waals surface area (Å²) >= 11 is 0. The smallest absolute Gasteiger partial charge is 0.323 e. The summed E-state index contributed by atoms with van der Waals surface area (Å²) in [5, 5.41) is 18.5. The van der Waals surface area contributed by atoms with Crippen molar-refractivity contribution in [2.24, 2.45) is 5.92 Å². The Bertz CT molecular complexity index is 1510. The molecule has 0 fully saturated rings. The number of anilines is 3. The van der Waals surface area contributed by atoms with E-state index in [-0.39, 0.29) is 49.2 Å². The SMILES string of the molecule is C[C@H]1CCCCO[C@H](CN(C)C(=O)Nc2ccc(F)cc2)[C@@H](C)CN([C@@H](C)CO)C(=O)c2cc(NC(=O)Nc3ccccc3)ccc2O1. The predicted octanol–water partition coefficient (Wildman–Crippen LogP) is 6.43. The molecule has 4 N–H and O–H groups in total. The number of carbonyl (C=O) groups excluding carboxylic acids is 3. The van der Waals surface area contributed by atoms with E-state index in [9.17, 15) is 23.9 Å². The summed E-state index contributed by atoms with van der Waals surface area (Å²) in [6.07, 6.45) is 1.65. The summed E-state index contributed by atoms with van der Waals surface area (Å²) in [4.78, 5) is 43.2. The number of carbonyl (C=O) groups is 3. The van der Waals surface area contributed by atoms with Crippen LogP contribution in [0.5, 0.6) is 5.75 Å². The lowest BCUT2D eigenvalue weighted by Gasteiger charge is -2.35. The van der Waals surface area contributed by atoms with Gasteiger partial charge in [0.1, 0.15) is 11.6 Å². The highest BCUT2D eigenvalue weighted by atomic mass is 19.1. The molecule has 12 heteroatoms. The number of urea groups is 2. The van der Waals surface area contributed by atoms with Gasteiger partial charge in [-0.05, 0) is 87.7 Å². The number of amides is 5. The summed E-state index contributed by atoms with van der Waals surface area (Å²) in [6.45, 7) is 6.24. The standard InChI is InChI=1S/C36H46FN5O6/c1-24-21-42(25(2)23-43)34(44)31-20-30(39-35(45)38-28-11-6-5-7-12-28)17-18-32(31)48-26(3)10-8-9-19-47-33(24)22-41(4)36(46)40-29-15-13-27(37)14-16-29/h5-7,11-18,20,24-26,33,43H,8-10,19,21-23H2,1-4H3,(H,40,46)(H2,38,39,45)/t24-,25-,26-,33+/m0/s1. The highest BCUT2D eigenvalue weighted by molar-refractivity contribution is 6.02. The van der Waals surface area contributed by atoms with Crippen LogP contribution in [0.15, 0.2) is 72.8 Å². The topological polar surface area (TPSA) is 132 Å². The third-order valence-electron chi connectivity index (χ3n) is 8.24. The predicted molar refractivity (Wildman–Crippen MR) is 184 cm³/mol. The van der Waals surface area contributed by atoms with Crippen LogP contribution in [-0.4, -0.2) is 84.5 Å². The maximum Gasteiger partial charge on any atom is 0.323 e. The van der Waals surface area contributed by atoms with Crippen molar-refractivity contribution in [3.05, 3.63) is 84.2 Å². The molecule has 3 aromatic carbocycles. The molecule has 0 unspecified atom stereocenters. The normalized spacial score (nSPS) is 19.6. The van der Waals surface area contributed by atoms with Gasteiger partial charge in [-0.15, -0.1) is 0 Å². The lowest BCUT2D eigenvalue weighted by atomic mass is 10.0. The molecule has 258 valence electrons. The lowest BCUT2D eigenvalue weighted by Crippen LogP contribution is -2.48. The Morgan fingerprint density at radius 2 is 1.65 bits per heavy atom. The maximum atomic E-state index is 14.3. The molecule has 0 bridgehead atoms. The Labute approximate surface area is 281 Å². The van der Waals surface area contributed by atoms with Crippen molar-refractivity contribution in [2.45, 2.75) is 58.3 Å². The van der Waals surface area contributed by atoms with Crippen molar-refractivity contribution in [3.8, 4) is 5.75 Å². The van der Waals surface area contributed by atoms with Crippen molar-refractivity contribution >= 4 is 35.0 Å². The maximum absolute atomic E-state index is 14.3. The van der Waals surface area contributed by atoms with E-state index in [1.807, 2.05) is 32.0 Å². The molecule has 0 radical (unpaired) electrons. The third-order valence-corrected chi connectivity index (χ3v) is 8.24. The minimum Gasteiger partial charge on any atom is -0.490 e. The van der Waals surface area contributed by atoms with Crippen LogP contribution in [0.3, 0.4) is 0 Å². The molecule has 0 spiro atoms. The molecule has 1 aliphatic rings. The second kappa shape index (κ2) is 17.5. The largest absolute Gasteiger partial charge is 0.490 e. The van der Waals surface area contributed by atoms with Gasteiger partial charge in [0.15, 0.2) is 0 Å². The average Bonchev–Trinajstić information content (AvgIpc) is 3.07. The van der Waals surface area contributed by atoms with Crippen LogP contribution in [-0.2, 0) is 4.74 Å². The van der Waals surface area contributed by atoms with Gasteiger partial charge in [-0.3, -0.25) is 4.79 Å². The van der Waals surface area contributed by atoms with Gasteiger partial charge in [-0.1, -0.05) is 25.1 Å². The monoisotopic (exact) mass is 663 g/mol. The van der Waals surface area contributed by atoms with E-state index in [2.05, 4.69) is 16.0 Å². The average molecular weight is 664 g/mol. The van der Waals surface area contributed by atoms with Gasteiger partial charge in [-0.2, -0.15) is 0 Å². The second-order valence-corrected chi connectivity index (χ2v) is 12.3. The first-order valence-corrected chi connectivity index (χ1v) is 16.3. The van der Waals surface area contributed by atoms with Crippen LogP contribution in [0.1, 0.15) is 50.4 Å². The first kappa shape index (κ1) is 36.2. The number of hydrogen-bond donors (Lipinski definition) is 4. The molecule has 0 aromatic heterocycles. The summed E-state index contributed by atoms with van der Waals surface area (Å²) in [5.74, 6) is -0.653. The Balaban J connectivity index is 1.57. The molecule has 11 nitrogen and oxygen atoms in total. The van der Waals surface area contributed by atoms with Crippen LogP contribution >= 0.6 is 0 Å². The number of benzene rings is 3. The quantitative estimate of drug-likeness (QED) is 0.230. The van der Waals surface area contributed by atoms with Gasteiger partial charge in [0.2, 0.25) is 0 Å². The zero-order chi connectivity index (χ0) is 34.6. The summed E-state index contributed by atoms with van der Waals surface area (Å²) < 4.78 is 25.9. The van der Waals surface area contributed by atoms with E-state index in [1.54, 1.807) is 49.2 Å². The zero-order valence-corrected chi connectivity index (χ0v) is 27.9. The molecule has 4 atom stereocenters. The van der Waals surface area contributed by atoms with Crippen LogP contribution < -0.4 is 20.7 Å². The number of ether oxygens (including phenoxy) is 2. The van der Waals surface area contributed by atoms with Gasteiger partial charge in [0.05, 0.1) is 30.4 Å². The van der Waals surface area contributed by atoms with Crippen LogP contribution in [0.25, 0.3) is 0 Å². The van der Waals surface area contributed by atoms with Crippen LogP contribution in [0, 0.1) is 11.7 Å². The highest BCUT2D eigenvalue weighted by Gasteiger charge is 2.31. The summed E-state index contributed by atoms with van der Waals surface area (Å²) in [7, 11) is 1.65.